The third kappa shape index (κ3) is 2.85. The Labute approximate surface area is 132 Å². The summed E-state index contributed by atoms with van der Waals surface area (Å²) in [6.45, 7) is 5.45. The zero-order valence-electron chi connectivity index (χ0n) is 11.9. The van der Waals surface area contributed by atoms with Crippen molar-refractivity contribution in [2.75, 3.05) is 0 Å². The Hall–Kier alpha value is -1.33. The van der Waals surface area contributed by atoms with E-state index in [0.717, 1.165) is 0 Å². The molecule has 1 aromatic carbocycles. The topological polar surface area (TPSA) is 60.9 Å². The third-order valence-electron chi connectivity index (χ3n) is 3.32. The number of amides is 1. The summed E-state index contributed by atoms with van der Waals surface area (Å²) >= 11 is 11.9. The van der Waals surface area contributed by atoms with E-state index in [4.69, 9.17) is 28.9 Å². The quantitative estimate of drug-likeness (QED) is 0.866. The molecule has 0 radical (unpaired) electrons. The van der Waals surface area contributed by atoms with Crippen molar-refractivity contribution < 1.29 is 9.18 Å². The molecule has 4 nitrogen and oxygen atoms in total. The summed E-state index contributed by atoms with van der Waals surface area (Å²) in [6, 6.07) is 2.02. The summed E-state index contributed by atoms with van der Waals surface area (Å²) in [5.74, 6) is -0.720. The van der Waals surface area contributed by atoms with Gasteiger partial charge >= 0.3 is 0 Å². The van der Waals surface area contributed by atoms with Gasteiger partial charge in [-0.1, -0.05) is 25.4 Å². The summed E-state index contributed by atoms with van der Waals surface area (Å²) in [6.07, 6.45) is 0. The monoisotopic (exact) mass is 331 g/mol. The maximum Gasteiger partial charge on any atom is 0.240 e. The highest BCUT2D eigenvalue weighted by molar-refractivity contribution is 6.31. The maximum absolute atomic E-state index is 13.8. The van der Waals surface area contributed by atoms with Crippen LogP contribution in [0, 0.1) is 11.7 Å². The number of fused-ring (bicyclic) bond motifs is 1. The molecule has 1 amide bonds. The number of hydrogen-bond donors (Lipinski definition) is 1. The number of nitrogens with zero attached hydrogens (tertiary/aromatic N) is 2. The molecule has 0 bridgehead atoms. The second-order valence-electron chi connectivity index (χ2n) is 5.30. The average molecular weight is 332 g/mol. The molecule has 1 aromatic heterocycles. The van der Waals surface area contributed by atoms with E-state index in [2.05, 4.69) is 4.98 Å². The van der Waals surface area contributed by atoms with Crippen molar-refractivity contribution in [3.05, 3.63) is 28.8 Å². The largest absolute Gasteiger partial charge is 0.368 e. The Kier molecular flexibility index (Phi) is 4.44. The maximum atomic E-state index is 13.8. The lowest BCUT2D eigenvalue weighted by atomic mass is 10.0. The van der Waals surface area contributed by atoms with Crippen LogP contribution in [0.1, 0.15) is 38.0 Å². The summed E-state index contributed by atoms with van der Waals surface area (Å²) in [5.41, 5.74) is 6.44. The number of imidazole rings is 1. The number of benzene rings is 1. The predicted molar refractivity (Wildman–Crippen MR) is 82.0 cm³/mol. The fourth-order valence-electron chi connectivity index (χ4n) is 2.44. The molecule has 0 saturated carbocycles. The van der Waals surface area contributed by atoms with Gasteiger partial charge in [-0.15, -0.1) is 11.6 Å². The first-order chi connectivity index (χ1) is 9.73. The molecular weight excluding hydrogens is 316 g/mol. The van der Waals surface area contributed by atoms with Crippen molar-refractivity contribution in [1.29, 1.82) is 0 Å². The van der Waals surface area contributed by atoms with Gasteiger partial charge in [0.15, 0.2) is 0 Å². The molecule has 21 heavy (non-hydrogen) atoms. The molecule has 0 spiro atoms. The Morgan fingerprint density at radius 3 is 2.48 bits per heavy atom. The fourth-order valence-corrected chi connectivity index (χ4v) is 2.75. The second-order valence-corrected chi connectivity index (χ2v) is 6.36. The molecule has 0 aliphatic heterocycles. The molecule has 0 saturated heterocycles. The van der Waals surface area contributed by atoms with E-state index in [1.165, 1.54) is 12.1 Å². The highest BCUT2D eigenvalue weighted by Crippen LogP contribution is 2.33. The van der Waals surface area contributed by atoms with Crippen LogP contribution in [0.2, 0.25) is 5.02 Å². The first-order valence-electron chi connectivity index (χ1n) is 6.54. The minimum atomic E-state index is -0.660. The molecular formula is C14H16Cl2FN3O. The van der Waals surface area contributed by atoms with Crippen LogP contribution in [-0.2, 0) is 4.79 Å². The zero-order chi connectivity index (χ0) is 15.9. The zero-order valence-corrected chi connectivity index (χ0v) is 13.4. The lowest BCUT2D eigenvalue weighted by Gasteiger charge is -2.23. The molecule has 2 aromatic rings. The van der Waals surface area contributed by atoms with Crippen LogP contribution in [0.15, 0.2) is 12.1 Å². The number of hydrogen-bond acceptors (Lipinski definition) is 2. The lowest BCUT2D eigenvalue weighted by molar-refractivity contribution is -0.122. The molecule has 2 rings (SSSR count). The second kappa shape index (κ2) is 5.81. The normalized spacial score (nSPS) is 14.6. The predicted octanol–water partition coefficient (Wildman–Crippen LogP) is 3.81. The average Bonchev–Trinajstić information content (AvgIpc) is 2.68. The van der Waals surface area contributed by atoms with Gasteiger partial charge in [-0.2, -0.15) is 0 Å². The van der Waals surface area contributed by atoms with Crippen molar-refractivity contribution in [2.24, 2.45) is 11.7 Å². The number of primary amides is 1. The number of carbonyl (C=O) groups is 1. The van der Waals surface area contributed by atoms with Crippen molar-refractivity contribution in [3.8, 4) is 0 Å². The van der Waals surface area contributed by atoms with E-state index in [0.29, 0.717) is 16.9 Å². The van der Waals surface area contributed by atoms with E-state index < -0.39 is 23.1 Å². The molecule has 114 valence electrons. The molecule has 2 atom stereocenters. The lowest BCUT2D eigenvalue weighted by Crippen LogP contribution is -2.31. The Morgan fingerprint density at radius 2 is 2.00 bits per heavy atom. The molecule has 0 aliphatic rings. The van der Waals surface area contributed by atoms with Crippen molar-refractivity contribution in [2.45, 2.75) is 32.2 Å². The van der Waals surface area contributed by atoms with Gasteiger partial charge in [0.05, 0.1) is 21.4 Å². The van der Waals surface area contributed by atoms with Crippen molar-refractivity contribution >= 4 is 40.1 Å². The Morgan fingerprint density at radius 1 is 1.38 bits per heavy atom. The first-order valence-corrected chi connectivity index (χ1v) is 7.35. The van der Waals surface area contributed by atoms with Gasteiger partial charge in [0.2, 0.25) is 5.91 Å². The highest BCUT2D eigenvalue weighted by atomic mass is 35.5. The summed E-state index contributed by atoms with van der Waals surface area (Å²) in [4.78, 5) is 16.2. The number of nitrogens with two attached hydrogens (primary N) is 1. The number of alkyl halides is 1. The summed E-state index contributed by atoms with van der Waals surface area (Å²) in [7, 11) is 0. The van der Waals surface area contributed by atoms with Crippen molar-refractivity contribution in [3.63, 3.8) is 0 Å². The molecule has 1 heterocycles. The van der Waals surface area contributed by atoms with Crippen LogP contribution >= 0.6 is 23.2 Å². The minimum Gasteiger partial charge on any atom is -0.368 e. The smallest absolute Gasteiger partial charge is 0.240 e. The van der Waals surface area contributed by atoms with Crippen LogP contribution in [0.3, 0.4) is 0 Å². The number of aromatic nitrogens is 2. The van der Waals surface area contributed by atoms with E-state index in [-0.39, 0.29) is 10.9 Å². The van der Waals surface area contributed by atoms with Gasteiger partial charge in [-0.3, -0.25) is 4.79 Å². The summed E-state index contributed by atoms with van der Waals surface area (Å²) in [5, 5.41) is -0.485. The fraction of sp³-hybridized carbons (Fsp3) is 0.429. The molecule has 2 N–H and O–H groups in total. The molecule has 2 unspecified atom stereocenters. The molecule has 0 fully saturated rings. The van der Waals surface area contributed by atoms with Gasteiger partial charge in [0, 0.05) is 6.07 Å². The van der Waals surface area contributed by atoms with Crippen LogP contribution < -0.4 is 5.73 Å². The minimum absolute atomic E-state index is 0.0268. The number of rotatable bonds is 4. The number of halogens is 3. The number of carbonyl (C=O) groups excluding carboxylic acids is 1. The SMILES string of the molecule is CC(Cl)c1nc2cc(Cl)c(F)cc2n1C(C(N)=O)C(C)C. The van der Waals surface area contributed by atoms with E-state index in [1.54, 1.807) is 11.5 Å². The van der Waals surface area contributed by atoms with Crippen LogP contribution in [-0.4, -0.2) is 15.5 Å². The van der Waals surface area contributed by atoms with Gasteiger partial charge in [0.25, 0.3) is 0 Å². The van der Waals surface area contributed by atoms with Gasteiger partial charge in [-0.25, -0.2) is 9.37 Å². The molecule has 7 heteroatoms. The molecule has 0 aliphatic carbocycles. The van der Waals surface area contributed by atoms with E-state index in [1.807, 2.05) is 13.8 Å². The van der Waals surface area contributed by atoms with E-state index in [9.17, 15) is 9.18 Å². The first kappa shape index (κ1) is 16.0. The van der Waals surface area contributed by atoms with Gasteiger partial charge in [-0.05, 0) is 18.9 Å². The van der Waals surface area contributed by atoms with Gasteiger partial charge < -0.3 is 10.3 Å². The van der Waals surface area contributed by atoms with E-state index >= 15 is 0 Å². The highest BCUT2D eigenvalue weighted by Gasteiger charge is 2.28. The summed E-state index contributed by atoms with van der Waals surface area (Å²) < 4.78 is 15.4. The van der Waals surface area contributed by atoms with Crippen molar-refractivity contribution in [1.82, 2.24) is 9.55 Å². The van der Waals surface area contributed by atoms with Crippen LogP contribution in [0.4, 0.5) is 4.39 Å². The Bertz CT molecular complexity index is 697. The third-order valence-corrected chi connectivity index (χ3v) is 3.80. The van der Waals surface area contributed by atoms with Crippen LogP contribution in [0.25, 0.3) is 11.0 Å². The Balaban J connectivity index is 2.83. The van der Waals surface area contributed by atoms with Gasteiger partial charge in [0.1, 0.15) is 17.7 Å². The standard InChI is InChI=1S/C14H16Cl2FN3O/c1-6(2)12(13(18)21)20-11-5-9(17)8(16)4-10(11)19-14(20)7(3)15/h4-7,12H,1-3H3,(H2,18,21). The van der Waals surface area contributed by atoms with Crippen LogP contribution in [0.5, 0.6) is 0 Å².